The summed E-state index contributed by atoms with van der Waals surface area (Å²) in [6.07, 6.45) is 4.38. The number of methoxy groups -OCH3 is 2. The Hall–Kier alpha value is -3.61. The van der Waals surface area contributed by atoms with Gasteiger partial charge in [0.2, 0.25) is 0 Å². The summed E-state index contributed by atoms with van der Waals surface area (Å²) in [7, 11) is 3.25. The normalized spacial score (nSPS) is 16.2. The van der Waals surface area contributed by atoms with Crippen LogP contribution in [0.4, 0.5) is 5.82 Å². The van der Waals surface area contributed by atoms with Crippen molar-refractivity contribution in [3.63, 3.8) is 0 Å². The van der Waals surface area contributed by atoms with Crippen LogP contribution in [0.15, 0.2) is 55.0 Å². The zero-order valence-corrected chi connectivity index (χ0v) is 16.9. The molecule has 2 aromatic heterocycles. The third-order valence-corrected chi connectivity index (χ3v) is 5.44. The van der Waals surface area contributed by atoms with Gasteiger partial charge in [0, 0.05) is 42.1 Å². The Bertz CT molecular complexity index is 1210. The minimum Gasteiger partial charge on any atom is -0.493 e. The monoisotopic (exact) mass is 402 g/mol. The minimum atomic E-state index is 0.0799. The third kappa shape index (κ3) is 3.32. The topological polar surface area (TPSA) is 69.6 Å². The van der Waals surface area contributed by atoms with Crippen LogP contribution in [0.2, 0.25) is 0 Å². The first kappa shape index (κ1) is 18.4. The highest BCUT2D eigenvalue weighted by Crippen LogP contribution is 2.35. The standard InChI is InChI=1S/C23H22N4O3/c1-28-21-11-18-20(12-22(21)29-2)25-14-26-23(18)27-9-7-17(13-27)30-16-6-5-15-4-3-8-24-19(15)10-16/h3-6,8,10-12,14,17H,7,9,13H2,1-2H3. The van der Waals surface area contributed by atoms with Crippen molar-refractivity contribution in [2.75, 3.05) is 32.2 Å². The molecule has 3 heterocycles. The Morgan fingerprint density at radius 3 is 2.67 bits per heavy atom. The molecule has 30 heavy (non-hydrogen) atoms. The third-order valence-electron chi connectivity index (χ3n) is 5.44. The average Bonchev–Trinajstić information content (AvgIpc) is 3.25. The van der Waals surface area contributed by atoms with Crippen molar-refractivity contribution >= 4 is 27.6 Å². The fourth-order valence-electron chi connectivity index (χ4n) is 3.95. The van der Waals surface area contributed by atoms with Gasteiger partial charge in [-0.15, -0.1) is 0 Å². The van der Waals surface area contributed by atoms with Gasteiger partial charge in [-0.25, -0.2) is 9.97 Å². The maximum absolute atomic E-state index is 6.26. The number of anilines is 1. The van der Waals surface area contributed by atoms with Crippen molar-refractivity contribution in [2.45, 2.75) is 12.5 Å². The van der Waals surface area contributed by atoms with E-state index in [9.17, 15) is 0 Å². The summed E-state index contributed by atoms with van der Waals surface area (Å²) in [6, 6.07) is 13.8. The highest BCUT2D eigenvalue weighted by molar-refractivity contribution is 5.92. The molecule has 0 bridgehead atoms. The summed E-state index contributed by atoms with van der Waals surface area (Å²) in [4.78, 5) is 15.6. The maximum atomic E-state index is 6.26. The van der Waals surface area contributed by atoms with E-state index in [4.69, 9.17) is 14.2 Å². The van der Waals surface area contributed by atoms with E-state index in [1.807, 2.05) is 42.5 Å². The van der Waals surface area contributed by atoms with Gasteiger partial charge in [-0.3, -0.25) is 4.98 Å². The molecule has 0 spiro atoms. The largest absolute Gasteiger partial charge is 0.493 e. The van der Waals surface area contributed by atoms with E-state index < -0.39 is 0 Å². The number of rotatable bonds is 5. The van der Waals surface area contributed by atoms with Crippen molar-refractivity contribution in [3.8, 4) is 17.2 Å². The molecule has 0 aliphatic carbocycles. The number of nitrogens with zero attached hydrogens (tertiary/aromatic N) is 4. The Labute approximate surface area is 174 Å². The van der Waals surface area contributed by atoms with Crippen molar-refractivity contribution in [3.05, 3.63) is 55.0 Å². The van der Waals surface area contributed by atoms with Gasteiger partial charge in [0.15, 0.2) is 11.5 Å². The number of pyridine rings is 1. The van der Waals surface area contributed by atoms with Crippen LogP contribution in [0, 0.1) is 0 Å². The fraction of sp³-hybridized carbons (Fsp3) is 0.261. The first-order valence-corrected chi connectivity index (χ1v) is 9.88. The molecule has 1 aliphatic heterocycles. The molecule has 0 N–H and O–H groups in total. The van der Waals surface area contributed by atoms with Crippen LogP contribution >= 0.6 is 0 Å². The molecule has 1 saturated heterocycles. The first-order valence-electron chi connectivity index (χ1n) is 9.88. The van der Waals surface area contributed by atoms with E-state index in [2.05, 4.69) is 19.9 Å². The summed E-state index contributed by atoms with van der Waals surface area (Å²) >= 11 is 0. The van der Waals surface area contributed by atoms with Gasteiger partial charge >= 0.3 is 0 Å². The molecule has 0 saturated carbocycles. The smallest absolute Gasteiger partial charge is 0.162 e. The molecule has 1 atom stereocenters. The number of aromatic nitrogens is 3. The zero-order valence-electron chi connectivity index (χ0n) is 16.9. The van der Waals surface area contributed by atoms with Gasteiger partial charge < -0.3 is 19.1 Å². The minimum absolute atomic E-state index is 0.0799. The lowest BCUT2D eigenvalue weighted by atomic mass is 10.2. The lowest BCUT2D eigenvalue weighted by molar-refractivity contribution is 0.225. The number of hydrogen-bond donors (Lipinski definition) is 0. The van der Waals surface area contributed by atoms with Crippen molar-refractivity contribution in [1.29, 1.82) is 0 Å². The van der Waals surface area contributed by atoms with Gasteiger partial charge in [0.1, 0.15) is 24.0 Å². The fourth-order valence-corrected chi connectivity index (χ4v) is 3.95. The lowest BCUT2D eigenvalue weighted by Gasteiger charge is -2.20. The van der Waals surface area contributed by atoms with E-state index in [-0.39, 0.29) is 6.10 Å². The number of hydrogen-bond acceptors (Lipinski definition) is 7. The predicted octanol–water partition coefficient (Wildman–Crippen LogP) is 3.85. The Morgan fingerprint density at radius 2 is 1.80 bits per heavy atom. The van der Waals surface area contributed by atoms with Crippen LogP contribution in [-0.2, 0) is 0 Å². The molecule has 5 rings (SSSR count). The molecule has 1 fully saturated rings. The van der Waals surface area contributed by atoms with E-state index >= 15 is 0 Å². The van der Waals surface area contributed by atoms with Crippen LogP contribution in [0.3, 0.4) is 0 Å². The SMILES string of the molecule is COc1cc2ncnc(N3CCC(Oc4ccc5cccnc5c4)C3)c2cc1OC. The van der Waals surface area contributed by atoms with Gasteiger partial charge in [-0.1, -0.05) is 6.07 Å². The van der Waals surface area contributed by atoms with Gasteiger partial charge in [-0.2, -0.15) is 0 Å². The maximum Gasteiger partial charge on any atom is 0.162 e. The van der Waals surface area contributed by atoms with Crippen molar-refractivity contribution < 1.29 is 14.2 Å². The second kappa shape index (κ2) is 7.67. The first-order chi connectivity index (χ1) is 14.7. The van der Waals surface area contributed by atoms with E-state index in [1.165, 1.54) is 0 Å². The second-order valence-corrected chi connectivity index (χ2v) is 7.25. The zero-order chi connectivity index (χ0) is 20.5. The van der Waals surface area contributed by atoms with Crippen molar-refractivity contribution in [1.82, 2.24) is 15.0 Å². The van der Waals surface area contributed by atoms with Gasteiger partial charge in [0.25, 0.3) is 0 Å². The Balaban J connectivity index is 1.39. The molecular formula is C23H22N4O3. The van der Waals surface area contributed by atoms with Gasteiger partial charge in [0.05, 0.1) is 31.8 Å². The molecular weight excluding hydrogens is 380 g/mol. The highest BCUT2D eigenvalue weighted by atomic mass is 16.5. The van der Waals surface area contributed by atoms with Gasteiger partial charge in [-0.05, 0) is 24.3 Å². The van der Waals surface area contributed by atoms with E-state index in [0.717, 1.165) is 52.9 Å². The molecule has 0 amide bonds. The molecule has 2 aromatic carbocycles. The predicted molar refractivity (Wildman–Crippen MR) is 116 cm³/mol. The van der Waals surface area contributed by atoms with Crippen LogP contribution in [0.5, 0.6) is 17.2 Å². The molecule has 1 unspecified atom stereocenters. The van der Waals surface area contributed by atoms with Crippen LogP contribution in [-0.4, -0.2) is 48.4 Å². The molecule has 7 nitrogen and oxygen atoms in total. The number of ether oxygens (including phenoxy) is 3. The quantitative estimate of drug-likeness (QED) is 0.502. The Morgan fingerprint density at radius 1 is 0.933 bits per heavy atom. The summed E-state index contributed by atoms with van der Waals surface area (Å²) in [6.45, 7) is 1.61. The van der Waals surface area contributed by atoms with Crippen LogP contribution in [0.25, 0.3) is 21.8 Å². The lowest BCUT2D eigenvalue weighted by Crippen LogP contribution is -2.25. The molecule has 0 radical (unpaired) electrons. The van der Waals surface area contributed by atoms with Crippen LogP contribution < -0.4 is 19.1 Å². The van der Waals surface area contributed by atoms with Crippen molar-refractivity contribution in [2.24, 2.45) is 0 Å². The van der Waals surface area contributed by atoms with E-state index in [0.29, 0.717) is 11.5 Å². The Kier molecular flexibility index (Phi) is 4.71. The molecule has 1 aliphatic rings. The summed E-state index contributed by atoms with van der Waals surface area (Å²) in [5, 5.41) is 2.04. The second-order valence-electron chi connectivity index (χ2n) is 7.25. The summed E-state index contributed by atoms with van der Waals surface area (Å²) < 4.78 is 17.1. The highest BCUT2D eigenvalue weighted by Gasteiger charge is 2.27. The summed E-state index contributed by atoms with van der Waals surface area (Å²) in [5.41, 5.74) is 1.76. The average molecular weight is 402 g/mol. The van der Waals surface area contributed by atoms with Crippen LogP contribution in [0.1, 0.15) is 6.42 Å². The molecule has 4 aromatic rings. The van der Waals surface area contributed by atoms with E-state index in [1.54, 1.807) is 26.7 Å². The number of benzene rings is 2. The molecule has 152 valence electrons. The number of fused-ring (bicyclic) bond motifs is 2. The summed E-state index contributed by atoms with van der Waals surface area (Å²) in [5.74, 6) is 3.04. The molecule has 7 heteroatoms.